The predicted octanol–water partition coefficient (Wildman–Crippen LogP) is 48.1. The second kappa shape index (κ2) is 107. The van der Waals surface area contributed by atoms with Gasteiger partial charge in [-0.25, -0.2) is 0 Å². The third-order valence-electron chi connectivity index (χ3n) is 23.6. The molecule has 0 aromatic heterocycles. The molecule has 0 N–H and O–H groups in total. The van der Waals surface area contributed by atoms with Crippen molar-refractivity contribution < 1.29 is 0 Å². The van der Waals surface area contributed by atoms with Gasteiger partial charge >= 0.3 is 0 Å². The molecule has 0 aromatic rings. The van der Waals surface area contributed by atoms with Gasteiger partial charge in [-0.1, -0.05) is 396 Å². The molecule has 0 saturated heterocycles. The number of allylic oxidation sites excluding steroid dienone is 46. The third-order valence-corrected chi connectivity index (χ3v) is 23.6. The molecule has 774 valence electrons. The average molecular weight is 1860 g/mol. The van der Waals surface area contributed by atoms with Crippen molar-refractivity contribution in [2.75, 3.05) is 0 Å². The van der Waals surface area contributed by atoms with E-state index in [0.29, 0.717) is 5.92 Å². The first-order valence-electron chi connectivity index (χ1n) is 53.9. The van der Waals surface area contributed by atoms with E-state index in [1.54, 1.807) is 0 Å². The van der Waals surface area contributed by atoms with Gasteiger partial charge in [0, 0.05) is 0 Å². The maximum Gasteiger partial charge on any atom is -0.0161 e. The van der Waals surface area contributed by atoms with Crippen LogP contribution in [0.1, 0.15) is 507 Å². The zero-order valence-electron chi connectivity index (χ0n) is 98.0. The summed E-state index contributed by atoms with van der Waals surface area (Å²) in [6, 6.07) is 0. The molecule has 0 aliphatic heterocycles. The van der Waals surface area contributed by atoms with E-state index in [1.807, 2.05) is 30.4 Å². The fourth-order valence-corrected chi connectivity index (χ4v) is 12.8. The van der Waals surface area contributed by atoms with Crippen molar-refractivity contribution in [2.45, 2.75) is 507 Å². The summed E-state index contributed by atoms with van der Waals surface area (Å²) >= 11 is 0. The lowest BCUT2D eigenvalue weighted by molar-refractivity contribution is 0.479. The minimum absolute atomic E-state index is 0.645. The lowest BCUT2D eigenvalue weighted by Crippen LogP contribution is -1.94. The molecule has 0 amide bonds. The van der Waals surface area contributed by atoms with Crippen molar-refractivity contribution in [3.05, 3.63) is 321 Å². The number of rotatable bonds is 62. The van der Waals surface area contributed by atoms with Gasteiger partial charge in [0.25, 0.3) is 0 Å². The monoisotopic (exact) mass is 1860 g/mol. The lowest BCUT2D eigenvalue weighted by atomic mass is 9.97. The van der Waals surface area contributed by atoms with Crippen LogP contribution in [-0.2, 0) is 0 Å². The van der Waals surface area contributed by atoms with E-state index in [-0.39, 0.29) is 0 Å². The van der Waals surface area contributed by atoms with Gasteiger partial charge in [-0.05, 0) is 455 Å². The minimum atomic E-state index is 0.645. The summed E-state index contributed by atoms with van der Waals surface area (Å²) < 4.78 is 0. The Hall–Kier alpha value is -7.02. The maximum absolute atomic E-state index is 4.02. The van der Waals surface area contributed by atoms with Gasteiger partial charge in [-0.3, -0.25) is 0 Å². The highest BCUT2D eigenvalue weighted by Gasteiger charge is 2.05. The first kappa shape index (κ1) is 146. The second-order valence-electron chi connectivity index (χ2n) is 41.7. The van der Waals surface area contributed by atoms with E-state index >= 15 is 0 Å². The van der Waals surface area contributed by atoms with Gasteiger partial charge in [-0.15, -0.1) is 6.58 Å². The van der Waals surface area contributed by atoms with Crippen LogP contribution in [-0.4, -0.2) is 0 Å². The van der Waals surface area contributed by atoms with Crippen LogP contribution in [0.25, 0.3) is 0 Å². The summed E-state index contributed by atoms with van der Waals surface area (Å²) in [5, 5.41) is 0. The van der Waals surface area contributed by atoms with Crippen LogP contribution in [0.4, 0.5) is 0 Å². The van der Waals surface area contributed by atoms with Crippen molar-refractivity contribution >= 4 is 0 Å². The second-order valence-corrected chi connectivity index (χ2v) is 41.7. The van der Waals surface area contributed by atoms with Gasteiger partial charge in [0.1, 0.15) is 0 Å². The summed E-state index contributed by atoms with van der Waals surface area (Å²) in [7, 11) is 0. The van der Waals surface area contributed by atoms with Gasteiger partial charge in [0.15, 0.2) is 0 Å². The van der Waals surface area contributed by atoms with Crippen LogP contribution in [0.5, 0.6) is 0 Å². The quantitative estimate of drug-likeness (QED) is 0.0421. The molecule has 135 heavy (non-hydrogen) atoms. The van der Waals surface area contributed by atoms with Gasteiger partial charge in [0.2, 0.25) is 0 Å². The first-order valence-corrected chi connectivity index (χ1v) is 53.9. The SMILES string of the molecule is C/C=C(\C)CC/C=C(\C)CCC=C(C)C.C/C=C(\C)CCC/C(C)=C/CC=C(C)C.C=C(CC)CC/C=C(\C)CCC=C(C)C.C=C/C(C)=C/C/C=C(\C)CCCC(C)C.C=C/C(C)=C/CCC(C)CCC=C(C)C.C=CC(=C)CC/C=C(\C)CCCC(C)C.C=CC(=C)CCCC(C)CCC=C(C)C.C=CC(C)CC/C=C(\C)CCC=C(C)C.CC/C(C)=C/C/C=C(\C)CCC=C(C)C. The Morgan fingerprint density at radius 1 is 0.222 bits per heavy atom. The Kier molecular flexibility index (Phi) is 116. The molecule has 0 heteroatoms. The average Bonchev–Trinajstić information content (AvgIpc) is 1.05. The third kappa shape index (κ3) is 140. The Morgan fingerprint density at radius 2 is 0.489 bits per heavy atom. The molecular formula is C135H234. The summed E-state index contributed by atoms with van der Waals surface area (Å²) in [5.74, 6) is 3.97. The zero-order chi connectivity index (χ0) is 105. The van der Waals surface area contributed by atoms with Gasteiger partial charge in [-0.2, -0.15) is 0 Å². The Labute approximate surface area is 851 Å². The Bertz CT molecular complexity index is 3610. The Balaban J connectivity index is -0.000000189. The van der Waals surface area contributed by atoms with Crippen LogP contribution in [0.2, 0.25) is 0 Å². The molecule has 0 fully saturated rings. The molecule has 0 spiro atoms. The topological polar surface area (TPSA) is 0 Å². The molecule has 0 nitrogen and oxygen atoms in total. The highest BCUT2D eigenvalue weighted by Crippen LogP contribution is 2.23. The summed E-state index contributed by atoms with van der Waals surface area (Å²) in [6.45, 7) is 112. The molecule has 0 bridgehead atoms. The summed E-state index contributed by atoms with van der Waals surface area (Å²) in [5.41, 5.74) is 31.3. The van der Waals surface area contributed by atoms with E-state index in [9.17, 15) is 0 Å². The van der Waals surface area contributed by atoms with Crippen LogP contribution < -0.4 is 0 Å². The van der Waals surface area contributed by atoms with Gasteiger partial charge < -0.3 is 0 Å². The molecule has 0 aliphatic carbocycles. The highest BCUT2D eigenvalue weighted by atomic mass is 14.1. The summed E-state index contributed by atoms with van der Waals surface area (Å²) in [4.78, 5) is 0. The summed E-state index contributed by atoms with van der Waals surface area (Å²) in [6.07, 6.45) is 101. The van der Waals surface area contributed by atoms with Crippen molar-refractivity contribution in [2.24, 2.45) is 29.6 Å². The van der Waals surface area contributed by atoms with Gasteiger partial charge in [0.05, 0.1) is 0 Å². The van der Waals surface area contributed by atoms with E-state index in [0.717, 1.165) is 87.0 Å². The normalized spacial score (nSPS) is 12.7. The molecule has 0 aromatic carbocycles. The van der Waals surface area contributed by atoms with E-state index in [4.69, 9.17) is 0 Å². The first-order chi connectivity index (χ1) is 63.5. The lowest BCUT2D eigenvalue weighted by Gasteiger charge is -2.09. The van der Waals surface area contributed by atoms with Crippen LogP contribution in [0.3, 0.4) is 0 Å². The van der Waals surface area contributed by atoms with Crippen molar-refractivity contribution in [3.8, 4) is 0 Å². The fourth-order valence-electron chi connectivity index (χ4n) is 12.8. The molecule has 0 saturated carbocycles. The van der Waals surface area contributed by atoms with Crippen LogP contribution in [0, 0.1) is 29.6 Å². The Morgan fingerprint density at radius 3 is 0.852 bits per heavy atom. The van der Waals surface area contributed by atoms with E-state index in [2.05, 4.69) is 424 Å². The molecule has 3 unspecified atom stereocenters. The molecule has 0 radical (unpaired) electrons. The number of hydrogen-bond donors (Lipinski definition) is 0. The van der Waals surface area contributed by atoms with Crippen LogP contribution in [0.15, 0.2) is 321 Å². The van der Waals surface area contributed by atoms with E-state index in [1.165, 1.54) is 310 Å². The maximum atomic E-state index is 4.02. The van der Waals surface area contributed by atoms with E-state index < -0.39 is 0 Å². The van der Waals surface area contributed by atoms with Crippen LogP contribution >= 0.6 is 0 Å². The predicted molar refractivity (Wildman–Crippen MR) is 639 cm³/mol. The smallest absolute Gasteiger partial charge is 0.0161 e. The molecular weight excluding hydrogens is 1620 g/mol. The molecule has 0 rings (SSSR count). The molecule has 0 heterocycles. The highest BCUT2D eigenvalue weighted by molar-refractivity contribution is 5.18. The fraction of sp³-hybridized carbons (Fsp3) is 0.600. The molecule has 0 aliphatic rings. The number of hydrogen-bond acceptors (Lipinski definition) is 0. The largest absolute Gasteiger partial charge is 0.103 e. The van der Waals surface area contributed by atoms with Crippen molar-refractivity contribution in [3.63, 3.8) is 0 Å². The minimum Gasteiger partial charge on any atom is -0.103 e. The van der Waals surface area contributed by atoms with Crippen molar-refractivity contribution in [1.29, 1.82) is 0 Å². The zero-order valence-corrected chi connectivity index (χ0v) is 98.0. The molecule has 3 atom stereocenters. The van der Waals surface area contributed by atoms with Crippen molar-refractivity contribution in [1.82, 2.24) is 0 Å². The standard InChI is InChI=1S/9C15H26/c9*1-6-14(4)10-8-12-15(5)11-7-9-13(2)3/h9-10,12H,6-8,11H2,1-5H3;6,9,12H,7-8,10-11H2,1-5H3;6,9,11H,7-8,10,12H2,1-5H3;9,12H,4,6-8,10-11H2,1-3,5H3;6,10,12-13H,1,7-9,11H2,2-5H3;6,9,12,14H,1,7-8,10-11H2,2-5H3;6,9-10,15H,1,7-8,11-12H2,2-5H3;6,12-13H,1,4,7-11H2,2-3,5H3;6,9,15H,1,4,7-8,10-12H2,2-3,5H3/b14-10+,15-12+;14-6+,15-12+;14-6+,15-11+;15-12+;14-10+,15-12+;15-12+;14-10+;15-12+;.